The quantitative estimate of drug-likeness (QED) is 0.868. The Morgan fingerprint density at radius 1 is 1.21 bits per heavy atom. The molecule has 1 fully saturated rings. The van der Waals surface area contributed by atoms with Crippen molar-refractivity contribution in [3.05, 3.63) is 63.5 Å². The van der Waals surface area contributed by atoms with Gasteiger partial charge < -0.3 is 15.0 Å². The highest BCUT2D eigenvalue weighted by atomic mass is 35.5. The summed E-state index contributed by atoms with van der Waals surface area (Å²) in [6.45, 7) is 0.281. The van der Waals surface area contributed by atoms with Crippen molar-refractivity contribution in [3.63, 3.8) is 0 Å². The number of pyridine rings is 1. The Morgan fingerprint density at radius 2 is 1.96 bits per heavy atom. The van der Waals surface area contributed by atoms with Crippen LogP contribution in [-0.2, 0) is 16.1 Å². The van der Waals surface area contributed by atoms with Crippen molar-refractivity contribution in [1.29, 1.82) is 0 Å². The van der Waals surface area contributed by atoms with Gasteiger partial charge >= 0.3 is 5.97 Å². The highest BCUT2D eigenvalue weighted by Crippen LogP contribution is 2.39. The van der Waals surface area contributed by atoms with E-state index >= 15 is 0 Å². The summed E-state index contributed by atoms with van der Waals surface area (Å²) in [7, 11) is 0. The molecule has 0 radical (unpaired) electrons. The molecule has 1 aromatic heterocycles. The van der Waals surface area contributed by atoms with Crippen LogP contribution in [0.2, 0.25) is 5.02 Å². The Balaban J connectivity index is 1.75. The molecule has 1 aliphatic rings. The molecule has 1 aromatic carbocycles. The van der Waals surface area contributed by atoms with Gasteiger partial charge in [-0.25, -0.2) is 0 Å². The fraction of sp³-hybridized carbons (Fsp3) is 0.235. The summed E-state index contributed by atoms with van der Waals surface area (Å²) >= 11 is 6.11. The van der Waals surface area contributed by atoms with Crippen LogP contribution in [0.3, 0.4) is 0 Å². The minimum absolute atomic E-state index is 0.220. The van der Waals surface area contributed by atoms with E-state index in [0.29, 0.717) is 17.1 Å². The first-order valence-corrected chi connectivity index (χ1v) is 7.81. The van der Waals surface area contributed by atoms with Crippen LogP contribution in [0, 0.1) is 11.8 Å². The number of benzene rings is 1. The number of aromatic nitrogens is 1. The second kappa shape index (κ2) is 6.49. The van der Waals surface area contributed by atoms with Gasteiger partial charge in [-0.1, -0.05) is 29.8 Å². The molecule has 1 saturated carbocycles. The number of carboxylic acid groups (broad SMARTS) is 1. The first kappa shape index (κ1) is 16.3. The number of anilines is 1. The van der Waals surface area contributed by atoms with Crippen molar-refractivity contribution < 1.29 is 14.7 Å². The monoisotopic (exact) mass is 346 g/mol. The Bertz CT molecular complexity index is 862. The van der Waals surface area contributed by atoms with E-state index < -0.39 is 17.8 Å². The fourth-order valence-electron chi connectivity index (χ4n) is 2.53. The predicted molar refractivity (Wildman–Crippen MR) is 89.1 cm³/mol. The number of nitrogens with one attached hydrogen (secondary N) is 1. The van der Waals surface area contributed by atoms with Crippen LogP contribution in [0.15, 0.2) is 47.4 Å². The number of hydrogen-bond donors (Lipinski definition) is 2. The van der Waals surface area contributed by atoms with E-state index in [4.69, 9.17) is 16.7 Å². The van der Waals surface area contributed by atoms with E-state index in [9.17, 15) is 14.4 Å². The van der Waals surface area contributed by atoms with Gasteiger partial charge in [-0.3, -0.25) is 14.4 Å². The Kier molecular flexibility index (Phi) is 4.40. The van der Waals surface area contributed by atoms with E-state index in [-0.39, 0.29) is 18.0 Å². The lowest BCUT2D eigenvalue weighted by atomic mass is 10.2. The summed E-state index contributed by atoms with van der Waals surface area (Å²) in [5, 5.41) is 12.1. The van der Waals surface area contributed by atoms with Gasteiger partial charge in [-0.05, 0) is 24.1 Å². The lowest BCUT2D eigenvalue weighted by molar-refractivity contribution is -0.139. The van der Waals surface area contributed by atoms with Gasteiger partial charge in [-0.15, -0.1) is 0 Å². The van der Waals surface area contributed by atoms with Crippen LogP contribution in [0.25, 0.3) is 0 Å². The third kappa shape index (κ3) is 3.49. The van der Waals surface area contributed by atoms with Crippen LogP contribution in [0.5, 0.6) is 0 Å². The summed E-state index contributed by atoms with van der Waals surface area (Å²) < 4.78 is 1.44. The summed E-state index contributed by atoms with van der Waals surface area (Å²) in [5.74, 6) is -2.42. The predicted octanol–water partition coefficient (Wildman–Crippen LogP) is 2.21. The van der Waals surface area contributed by atoms with Crippen molar-refractivity contribution in [2.24, 2.45) is 11.8 Å². The summed E-state index contributed by atoms with van der Waals surface area (Å²) in [6.07, 6.45) is 1.88. The molecule has 0 spiro atoms. The minimum atomic E-state index is -0.959. The largest absolute Gasteiger partial charge is 0.481 e. The molecular weight excluding hydrogens is 332 g/mol. The zero-order valence-corrected chi connectivity index (χ0v) is 13.4. The van der Waals surface area contributed by atoms with Crippen molar-refractivity contribution in [2.45, 2.75) is 13.0 Å². The van der Waals surface area contributed by atoms with Gasteiger partial charge in [-0.2, -0.15) is 0 Å². The topological polar surface area (TPSA) is 88.4 Å². The fourth-order valence-corrected chi connectivity index (χ4v) is 2.73. The average molecular weight is 347 g/mol. The lowest BCUT2D eigenvalue weighted by Gasteiger charge is -2.10. The summed E-state index contributed by atoms with van der Waals surface area (Å²) in [4.78, 5) is 34.8. The number of carbonyl (C=O) groups excluding carboxylic acids is 1. The highest BCUT2D eigenvalue weighted by Gasteiger charge is 2.48. The van der Waals surface area contributed by atoms with Gasteiger partial charge in [0.25, 0.3) is 5.56 Å². The zero-order chi connectivity index (χ0) is 17.3. The lowest BCUT2D eigenvalue weighted by Crippen LogP contribution is -2.22. The number of halogens is 1. The molecule has 7 heteroatoms. The first-order chi connectivity index (χ1) is 11.5. The van der Waals surface area contributed by atoms with Gasteiger partial charge in [0.1, 0.15) is 0 Å². The molecule has 0 aliphatic heterocycles. The van der Waals surface area contributed by atoms with Crippen molar-refractivity contribution in [1.82, 2.24) is 4.57 Å². The molecule has 0 bridgehead atoms. The van der Waals surface area contributed by atoms with Crippen LogP contribution in [0.4, 0.5) is 5.69 Å². The van der Waals surface area contributed by atoms with Crippen LogP contribution in [0.1, 0.15) is 12.0 Å². The molecule has 3 rings (SSSR count). The molecule has 6 nitrogen and oxygen atoms in total. The molecular formula is C17H15ClN2O4. The normalized spacial score (nSPS) is 18.9. The summed E-state index contributed by atoms with van der Waals surface area (Å²) in [5.41, 5.74) is 1.02. The maximum absolute atomic E-state index is 12.0. The molecule has 2 N–H and O–H groups in total. The van der Waals surface area contributed by atoms with Gasteiger partial charge in [0.05, 0.1) is 24.1 Å². The van der Waals surface area contributed by atoms with Crippen molar-refractivity contribution in [3.8, 4) is 0 Å². The molecule has 0 unspecified atom stereocenters. The average Bonchev–Trinajstić information content (AvgIpc) is 3.33. The number of aliphatic carboxylic acids is 1. The molecule has 2 aromatic rings. The smallest absolute Gasteiger partial charge is 0.307 e. The van der Waals surface area contributed by atoms with E-state index in [2.05, 4.69) is 5.32 Å². The van der Waals surface area contributed by atoms with E-state index in [1.807, 2.05) is 12.1 Å². The van der Waals surface area contributed by atoms with Crippen LogP contribution in [-0.4, -0.2) is 21.6 Å². The van der Waals surface area contributed by atoms with Crippen LogP contribution < -0.4 is 10.9 Å². The Morgan fingerprint density at radius 3 is 2.62 bits per heavy atom. The Hall–Kier alpha value is -2.60. The second-order valence-corrected chi connectivity index (χ2v) is 6.16. The minimum Gasteiger partial charge on any atom is -0.481 e. The first-order valence-electron chi connectivity index (χ1n) is 7.43. The number of carbonyl (C=O) groups is 2. The number of hydrogen-bond acceptors (Lipinski definition) is 3. The maximum atomic E-state index is 12.0. The van der Waals surface area contributed by atoms with Gasteiger partial charge in [0.15, 0.2) is 0 Å². The number of amides is 1. The summed E-state index contributed by atoms with van der Waals surface area (Å²) in [6, 6.07) is 10.1. The third-order valence-electron chi connectivity index (χ3n) is 3.99. The van der Waals surface area contributed by atoms with Crippen LogP contribution >= 0.6 is 11.6 Å². The zero-order valence-electron chi connectivity index (χ0n) is 12.6. The molecule has 0 saturated heterocycles. The van der Waals surface area contributed by atoms with E-state index in [1.54, 1.807) is 12.1 Å². The van der Waals surface area contributed by atoms with Crippen molar-refractivity contribution >= 4 is 29.2 Å². The highest BCUT2D eigenvalue weighted by molar-refractivity contribution is 6.31. The SMILES string of the molecule is O=C(O)[C@@H]1C[C@H]1C(=O)Nc1ccc(=O)n(Cc2ccccc2Cl)c1. The molecule has 2 atom stereocenters. The number of nitrogens with zero attached hydrogens (tertiary/aromatic N) is 1. The van der Waals surface area contributed by atoms with Gasteiger partial charge in [0, 0.05) is 17.3 Å². The number of rotatable bonds is 5. The van der Waals surface area contributed by atoms with Crippen molar-refractivity contribution in [2.75, 3.05) is 5.32 Å². The number of carboxylic acids is 1. The molecule has 24 heavy (non-hydrogen) atoms. The molecule has 1 aliphatic carbocycles. The second-order valence-electron chi connectivity index (χ2n) is 5.75. The maximum Gasteiger partial charge on any atom is 0.307 e. The van der Waals surface area contributed by atoms with Gasteiger partial charge in [0.2, 0.25) is 5.91 Å². The standard InChI is InChI=1S/C17H15ClN2O4/c18-14-4-2-1-3-10(14)8-20-9-11(5-6-15(20)21)19-16(22)12-7-13(12)17(23)24/h1-6,9,12-13H,7-8H2,(H,19,22)(H,23,24)/t12-,13-/m1/s1. The Labute approximate surface area is 142 Å². The van der Waals surface area contributed by atoms with E-state index in [1.165, 1.54) is 22.9 Å². The molecule has 124 valence electrons. The molecule has 1 amide bonds. The third-order valence-corrected chi connectivity index (χ3v) is 4.36. The van der Waals surface area contributed by atoms with E-state index in [0.717, 1.165) is 5.56 Å². The molecule has 1 heterocycles.